The largest absolute Gasteiger partial charge is 0.294 e. The molecule has 0 saturated carbocycles. The average molecular weight is 256 g/mol. The van der Waals surface area contributed by atoms with Crippen molar-refractivity contribution in [3.05, 3.63) is 65.7 Å². The van der Waals surface area contributed by atoms with Gasteiger partial charge in [-0.05, 0) is 19.1 Å². The molecule has 0 spiro atoms. The molecular weight excluding hydrogens is 240 g/mol. The van der Waals surface area contributed by atoms with Gasteiger partial charge in [0.25, 0.3) is 0 Å². The zero-order valence-electron chi connectivity index (χ0n) is 10.4. The van der Waals surface area contributed by atoms with E-state index in [1.54, 1.807) is 11.8 Å². The second-order valence-electron chi connectivity index (χ2n) is 4.20. The summed E-state index contributed by atoms with van der Waals surface area (Å²) in [7, 11) is 0. The molecule has 0 aliphatic heterocycles. The zero-order valence-corrected chi connectivity index (χ0v) is 11.2. The minimum Gasteiger partial charge on any atom is -0.294 e. The highest BCUT2D eigenvalue weighted by molar-refractivity contribution is 7.99. The van der Waals surface area contributed by atoms with Crippen molar-refractivity contribution in [1.82, 2.24) is 0 Å². The molecule has 0 amide bonds. The SMILES string of the molecule is Cc1ccc(SCCC(=O)c2ccccc2)cc1. The van der Waals surface area contributed by atoms with E-state index in [0.29, 0.717) is 6.42 Å². The summed E-state index contributed by atoms with van der Waals surface area (Å²) in [5.41, 5.74) is 2.07. The summed E-state index contributed by atoms with van der Waals surface area (Å²) in [6.07, 6.45) is 0.586. The van der Waals surface area contributed by atoms with Gasteiger partial charge in [0.15, 0.2) is 5.78 Å². The number of hydrogen-bond donors (Lipinski definition) is 0. The maximum Gasteiger partial charge on any atom is 0.163 e. The molecule has 92 valence electrons. The Morgan fingerprint density at radius 3 is 2.33 bits per heavy atom. The Morgan fingerprint density at radius 1 is 1.00 bits per heavy atom. The molecular formula is C16H16OS. The first-order valence-electron chi connectivity index (χ1n) is 6.03. The predicted molar refractivity (Wildman–Crippen MR) is 77.3 cm³/mol. The maximum absolute atomic E-state index is 11.9. The summed E-state index contributed by atoms with van der Waals surface area (Å²) in [6.45, 7) is 2.08. The van der Waals surface area contributed by atoms with E-state index in [2.05, 4.69) is 31.2 Å². The molecule has 0 bridgehead atoms. The van der Waals surface area contributed by atoms with Crippen LogP contribution in [0.5, 0.6) is 0 Å². The lowest BCUT2D eigenvalue weighted by molar-refractivity contribution is 0.0989. The van der Waals surface area contributed by atoms with Crippen molar-refractivity contribution < 1.29 is 4.79 Å². The van der Waals surface area contributed by atoms with Gasteiger partial charge < -0.3 is 0 Å². The van der Waals surface area contributed by atoms with Gasteiger partial charge in [0.2, 0.25) is 0 Å². The van der Waals surface area contributed by atoms with E-state index in [0.717, 1.165) is 11.3 Å². The molecule has 0 fully saturated rings. The van der Waals surface area contributed by atoms with Gasteiger partial charge in [-0.15, -0.1) is 11.8 Å². The highest BCUT2D eigenvalue weighted by Crippen LogP contribution is 2.19. The lowest BCUT2D eigenvalue weighted by Crippen LogP contribution is -1.99. The maximum atomic E-state index is 11.9. The van der Waals surface area contributed by atoms with E-state index in [1.807, 2.05) is 30.3 Å². The monoisotopic (exact) mass is 256 g/mol. The highest BCUT2D eigenvalue weighted by atomic mass is 32.2. The van der Waals surface area contributed by atoms with Crippen LogP contribution in [0.25, 0.3) is 0 Å². The number of rotatable bonds is 5. The van der Waals surface area contributed by atoms with E-state index in [9.17, 15) is 4.79 Å². The summed E-state index contributed by atoms with van der Waals surface area (Å²) in [6, 6.07) is 17.9. The molecule has 2 rings (SSSR count). The fourth-order valence-corrected chi connectivity index (χ4v) is 2.52. The van der Waals surface area contributed by atoms with Crippen molar-refractivity contribution in [1.29, 1.82) is 0 Å². The average Bonchev–Trinajstić information content (AvgIpc) is 2.42. The first-order valence-corrected chi connectivity index (χ1v) is 7.02. The van der Waals surface area contributed by atoms with Crippen LogP contribution in [0.2, 0.25) is 0 Å². The molecule has 0 aliphatic carbocycles. The van der Waals surface area contributed by atoms with Crippen molar-refractivity contribution in [3.8, 4) is 0 Å². The number of carbonyl (C=O) groups is 1. The molecule has 2 heteroatoms. The quantitative estimate of drug-likeness (QED) is 0.584. The number of ketones is 1. The smallest absolute Gasteiger partial charge is 0.163 e. The number of Topliss-reactive ketones (excluding diaryl/α,β-unsaturated/α-hetero) is 1. The van der Waals surface area contributed by atoms with Crippen molar-refractivity contribution in [3.63, 3.8) is 0 Å². The van der Waals surface area contributed by atoms with Crippen molar-refractivity contribution in [2.24, 2.45) is 0 Å². The zero-order chi connectivity index (χ0) is 12.8. The normalized spacial score (nSPS) is 10.3. The minimum atomic E-state index is 0.218. The lowest BCUT2D eigenvalue weighted by atomic mass is 10.1. The van der Waals surface area contributed by atoms with Gasteiger partial charge in [-0.3, -0.25) is 4.79 Å². The third kappa shape index (κ3) is 3.74. The molecule has 2 aromatic rings. The van der Waals surface area contributed by atoms with Crippen LogP contribution >= 0.6 is 11.8 Å². The van der Waals surface area contributed by atoms with Gasteiger partial charge in [-0.1, -0.05) is 48.0 Å². The second kappa shape index (κ2) is 6.41. The Kier molecular flexibility index (Phi) is 4.59. The first kappa shape index (κ1) is 12.9. The van der Waals surface area contributed by atoms with E-state index in [4.69, 9.17) is 0 Å². The number of carbonyl (C=O) groups excluding carboxylic acids is 1. The van der Waals surface area contributed by atoms with Gasteiger partial charge in [-0.25, -0.2) is 0 Å². The molecule has 0 unspecified atom stereocenters. The summed E-state index contributed by atoms with van der Waals surface area (Å²) in [5.74, 6) is 1.05. The van der Waals surface area contributed by atoms with Crippen LogP contribution in [0, 0.1) is 6.92 Å². The lowest BCUT2D eigenvalue weighted by Gasteiger charge is -2.02. The van der Waals surface area contributed by atoms with Gasteiger partial charge >= 0.3 is 0 Å². The molecule has 0 aromatic heterocycles. The molecule has 18 heavy (non-hydrogen) atoms. The fraction of sp³-hybridized carbons (Fsp3) is 0.188. The van der Waals surface area contributed by atoms with Gasteiger partial charge in [0.1, 0.15) is 0 Å². The molecule has 0 radical (unpaired) electrons. The van der Waals surface area contributed by atoms with Crippen LogP contribution in [0.15, 0.2) is 59.5 Å². The van der Waals surface area contributed by atoms with E-state index >= 15 is 0 Å². The van der Waals surface area contributed by atoms with Gasteiger partial charge in [-0.2, -0.15) is 0 Å². The Morgan fingerprint density at radius 2 is 1.67 bits per heavy atom. The second-order valence-corrected chi connectivity index (χ2v) is 5.37. The van der Waals surface area contributed by atoms with Crippen LogP contribution in [-0.4, -0.2) is 11.5 Å². The Labute approximate surface area is 112 Å². The predicted octanol–water partition coefficient (Wildman–Crippen LogP) is 4.36. The molecule has 1 nitrogen and oxygen atoms in total. The van der Waals surface area contributed by atoms with Gasteiger partial charge in [0.05, 0.1) is 0 Å². The Balaban J connectivity index is 1.82. The summed E-state index contributed by atoms with van der Waals surface area (Å²) in [4.78, 5) is 13.1. The van der Waals surface area contributed by atoms with Crippen LogP contribution in [0.1, 0.15) is 22.3 Å². The third-order valence-electron chi connectivity index (χ3n) is 2.71. The summed E-state index contributed by atoms with van der Waals surface area (Å²) in [5, 5.41) is 0. The van der Waals surface area contributed by atoms with Crippen LogP contribution in [0.3, 0.4) is 0 Å². The summed E-state index contributed by atoms with van der Waals surface area (Å²) >= 11 is 1.73. The van der Waals surface area contributed by atoms with Crippen molar-refractivity contribution >= 4 is 17.5 Å². The third-order valence-corrected chi connectivity index (χ3v) is 3.73. The molecule has 0 saturated heterocycles. The minimum absolute atomic E-state index is 0.218. The van der Waals surface area contributed by atoms with Gasteiger partial charge in [0, 0.05) is 22.6 Å². The Bertz CT molecular complexity index is 502. The highest BCUT2D eigenvalue weighted by Gasteiger charge is 2.04. The standard InChI is InChI=1S/C16H16OS/c1-13-7-9-15(10-8-13)18-12-11-16(17)14-5-3-2-4-6-14/h2-10H,11-12H2,1H3. The molecule has 0 N–H and O–H groups in total. The van der Waals surface area contributed by atoms with E-state index in [-0.39, 0.29) is 5.78 Å². The number of aryl methyl sites for hydroxylation is 1. The molecule has 0 heterocycles. The molecule has 0 aliphatic rings. The van der Waals surface area contributed by atoms with E-state index in [1.165, 1.54) is 10.5 Å². The Hall–Kier alpha value is -1.54. The van der Waals surface area contributed by atoms with Crippen LogP contribution in [-0.2, 0) is 0 Å². The van der Waals surface area contributed by atoms with E-state index < -0.39 is 0 Å². The molecule has 2 aromatic carbocycles. The number of thioether (sulfide) groups is 1. The number of hydrogen-bond acceptors (Lipinski definition) is 2. The van der Waals surface area contributed by atoms with Crippen LogP contribution < -0.4 is 0 Å². The topological polar surface area (TPSA) is 17.1 Å². The molecule has 0 atom stereocenters. The van der Waals surface area contributed by atoms with Crippen LogP contribution in [0.4, 0.5) is 0 Å². The number of benzene rings is 2. The summed E-state index contributed by atoms with van der Waals surface area (Å²) < 4.78 is 0. The van der Waals surface area contributed by atoms with Crippen molar-refractivity contribution in [2.45, 2.75) is 18.2 Å². The first-order chi connectivity index (χ1) is 8.75. The fourth-order valence-electron chi connectivity index (χ4n) is 1.66. The van der Waals surface area contributed by atoms with Crippen molar-refractivity contribution in [2.75, 3.05) is 5.75 Å².